The summed E-state index contributed by atoms with van der Waals surface area (Å²) in [5.41, 5.74) is 5.47. The molecule has 0 aromatic carbocycles. The van der Waals surface area contributed by atoms with Gasteiger partial charge in [-0.3, -0.25) is 10.1 Å². The van der Waals surface area contributed by atoms with Crippen LogP contribution < -0.4 is 11.1 Å². The average Bonchev–Trinajstić information content (AvgIpc) is 2.99. The summed E-state index contributed by atoms with van der Waals surface area (Å²) in [6, 6.07) is 3.66. The Bertz CT molecular complexity index is 399. The molecule has 5 heteroatoms. The molecule has 0 spiro atoms. The van der Waals surface area contributed by atoms with E-state index >= 15 is 0 Å². The number of ether oxygens (including phenoxy) is 1. The first-order chi connectivity index (χ1) is 8.70. The smallest absolute Gasteiger partial charge is 0.239 e. The molecule has 1 aromatic heterocycles. The van der Waals surface area contributed by atoms with Gasteiger partial charge in [0.15, 0.2) is 0 Å². The van der Waals surface area contributed by atoms with Gasteiger partial charge in [-0.1, -0.05) is 6.92 Å². The Morgan fingerprint density at radius 1 is 1.67 bits per heavy atom. The zero-order valence-corrected chi connectivity index (χ0v) is 11.5. The maximum absolute atomic E-state index is 11.5. The van der Waals surface area contributed by atoms with Crippen LogP contribution >= 0.6 is 11.3 Å². The highest BCUT2D eigenvalue weighted by atomic mass is 32.1. The van der Waals surface area contributed by atoms with Crippen molar-refractivity contribution in [1.82, 2.24) is 5.32 Å². The van der Waals surface area contributed by atoms with E-state index in [1.165, 1.54) is 4.88 Å². The van der Waals surface area contributed by atoms with E-state index in [1.807, 2.05) is 6.07 Å². The van der Waals surface area contributed by atoms with Crippen LogP contribution in [0.2, 0.25) is 0 Å². The number of carbonyl (C=O) groups excluding carboxylic acids is 1. The molecule has 2 atom stereocenters. The van der Waals surface area contributed by atoms with Crippen LogP contribution in [0.15, 0.2) is 12.1 Å². The van der Waals surface area contributed by atoms with Crippen LogP contribution in [-0.2, 0) is 16.0 Å². The third kappa shape index (κ3) is 3.31. The summed E-state index contributed by atoms with van der Waals surface area (Å²) in [6.45, 7) is 3.62. The maximum atomic E-state index is 11.5. The summed E-state index contributed by atoms with van der Waals surface area (Å²) >= 11 is 1.65. The summed E-state index contributed by atoms with van der Waals surface area (Å²) in [6.07, 6.45) is 3.37. The van der Waals surface area contributed by atoms with E-state index in [2.05, 4.69) is 18.3 Å². The molecule has 1 aromatic rings. The molecule has 1 aliphatic rings. The fraction of sp³-hybridized carbons (Fsp3) is 0.615. The predicted molar refractivity (Wildman–Crippen MR) is 72.6 cm³/mol. The van der Waals surface area contributed by atoms with Crippen LogP contribution in [0.4, 0.5) is 0 Å². The van der Waals surface area contributed by atoms with Crippen molar-refractivity contribution in [3.63, 3.8) is 0 Å². The Morgan fingerprint density at radius 3 is 3.06 bits per heavy atom. The van der Waals surface area contributed by atoms with Gasteiger partial charge < -0.3 is 10.5 Å². The SMILES string of the molecule is CCc1ccc(C(NCC2CCCO2)C(N)=O)s1. The Kier molecular flexibility index (Phi) is 4.74. The van der Waals surface area contributed by atoms with Crippen molar-refractivity contribution in [2.75, 3.05) is 13.2 Å². The topological polar surface area (TPSA) is 64.3 Å². The van der Waals surface area contributed by atoms with Crippen LogP contribution in [0.25, 0.3) is 0 Å². The fourth-order valence-corrected chi connectivity index (χ4v) is 3.17. The lowest BCUT2D eigenvalue weighted by atomic mass is 10.2. The first-order valence-electron chi connectivity index (χ1n) is 6.43. The Morgan fingerprint density at radius 2 is 2.50 bits per heavy atom. The average molecular weight is 268 g/mol. The number of amides is 1. The van der Waals surface area contributed by atoms with Crippen LogP contribution in [0.5, 0.6) is 0 Å². The molecular formula is C13H20N2O2S. The second-order valence-electron chi connectivity index (χ2n) is 4.54. The van der Waals surface area contributed by atoms with E-state index in [-0.39, 0.29) is 18.1 Å². The minimum absolute atomic E-state index is 0.220. The van der Waals surface area contributed by atoms with Crippen LogP contribution in [0.3, 0.4) is 0 Å². The van der Waals surface area contributed by atoms with Gasteiger partial charge in [-0.25, -0.2) is 0 Å². The summed E-state index contributed by atoms with van der Waals surface area (Å²) in [5, 5.41) is 3.23. The Balaban J connectivity index is 1.96. The van der Waals surface area contributed by atoms with Gasteiger partial charge in [0.05, 0.1) is 6.10 Å². The van der Waals surface area contributed by atoms with Gasteiger partial charge in [-0.05, 0) is 31.4 Å². The van der Waals surface area contributed by atoms with Gasteiger partial charge in [0, 0.05) is 22.9 Å². The summed E-state index contributed by atoms with van der Waals surface area (Å²) in [4.78, 5) is 13.8. The second-order valence-corrected chi connectivity index (χ2v) is 5.74. The van der Waals surface area contributed by atoms with Crippen molar-refractivity contribution in [2.45, 2.75) is 38.3 Å². The van der Waals surface area contributed by atoms with Gasteiger partial charge in [0.2, 0.25) is 5.91 Å². The van der Waals surface area contributed by atoms with E-state index in [4.69, 9.17) is 10.5 Å². The molecule has 2 rings (SSSR count). The number of nitrogens with two attached hydrogens (primary N) is 1. The maximum Gasteiger partial charge on any atom is 0.239 e. The number of carbonyl (C=O) groups is 1. The molecule has 2 heterocycles. The number of aryl methyl sites for hydroxylation is 1. The van der Waals surface area contributed by atoms with Crippen molar-refractivity contribution in [1.29, 1.82) is 0 Å². The van der Waals surface area contributed by atoms with Crippen molar-refractivity contribution < 1.29 is 9.53 Å². The Labute approximate surface area is 112 Å². The molecule has 0 aliphatic carbocycles. The highest BCUT2D eigenvalue weighted by Gasteiger charge is 2.22. The van der Waals surface area contributed by atoms with E-state index in [1.54, 1.807) is 11.3 Å². The molecule has 0 saturated carbocycles. The van der Waals surface area contributed by atoms with Crippen molar-refractivity contribution >= 4 is 17.2 Å². The monoisotopic (exact) mass is 268 g/mol. The first-order valence-corrected chi connectivity index (χ1v) is 7.25. The third-order valence-electron chi connectivity index (χ3n) is 3.17. The minimum Gasteiger partial charge on any atom is -0.377 e. The molecule has 3 N–H and O–H groups in total. The molecule has 1 amide bonds. The van der Waals surface area contributed by atoms with E-state index in [0.29, 0.717) is 6.54 Å². The molecular weight excluding hydrogens is 248 g/mol. The predicted octanol–water partition coefficient (Wildman–Crippen LogP) is 1.61. The largest absolute Gasteiger partial charge is 0.377 e. The number of rotatable bonds is 6. The molecule has 1 fully saturated rings. The van der Waals surface area contributed by atoms with E-state index in [0.717, 1.165) is 30.7 Å². The van der Waals surface area contributed by atoms with Gasteiger partial charge in [0.1, 0.15) is 6.04 Å². The fourth-order valence-electron chi connectivity index (χ4n) is 2.14. The first kappa shape index (κ1) is 13.5. The standard InChI is InChI=1S/C13H20N2O2S/c1-2-10-5-6-11(18-10)12(13(14)16)15-8-9-4-3-7-17-9/h5-6,9,12,15H,2-4,7-8H2,1H3,(H2,14,16). The van der Waals surface area contributed by atoms with Crippen molar-refractivity contribution in [2.24, 2.45) is 5.73 Å². The van der Waals surface area contributed by atoms with Gasteiger partial charge >= 0.3 is 0 Å². The lowest BCUT2D eigenvalue weighted by Gasteiger charge is -2.16. The number of hydrogen-bond acceptors (Lipinski definition) is 4. The zero-order valence-electron chi connectivity index (χ0n) is 10.6. The molecule has 0 radical (unpaired) electrons. The number of primary amides is 1. The van der Waals surface area contributed by atoms with Crippen molar-refractivity contribution in [3.8, 4) is 0 Å². The van der Waals surface area contributed by atoms with Crippen LogP contribution in [0.1, 0.15) is 35.6 Å². The molecule has 1 aliphatic heterocycles. The summed E-state index contributed by atoms with van der Waals surface area (Å²) in [7, 11) is 0. The number of nitrogens with one attached hydrogen (secondary N) is 1. The molecule has 4 nitrogen and oxygen atoms in total. The summed E-state index contributed by atoms with van der Waals surface area (Å²) < 4.78 is 5.53. The number of thiophene rings is 1. The van der Waals surface area contributed by atoms with Crippen LogP contribution in [0, 0.1) is 0 Å². The van der Waals surface area contributed by atoms with Gasteiger partial charge in [-0.15, -0.1) is 11.3 Å². The normalized spacial score (nSPS) is 21.1. The highest BCUT2D eigenvalue weighted by molar-refractivity contribution is 7.12. The number of hydrogen-bond donors (Lipinski definition) is 2. The zero-order chi connectivity index (χ0) is 13.0. The van der Waals surface area contributed by atoms with Gasteiger partial charge in [0.25, 0.3) is 0 Å². The third-order valence-corrected chi connectivity index (χ3v) is 4.47. The molecule has 18 heavy (non-hydrogen) atoms. The Hall–Kier alpha value is -0.910. The van der Waals surface area contributed by atoms with Gasteiger partial charge in [-0.2, -0.15) is 0 Å². The minimum atomic E-state index is -0.389. The van der Waals surface area contributed by atoms with E-state index in [9.17, 15) is 4.79 Å². The van der Waals surface area contributed by atoms with E-state index < -0.39 is 0 Å². The quantitative estimate of drug-likeness (QED) is 0.824. The summed E-state index contributed by atoms with van der Waals surface area (Å²) in [5.74, 6) is -0.322. The molecule has 100 valence electrons. The van der Waals surface area contributed by atoms with Crippen LogP contribution in [-0.4, -0.2) is 25.2 Å². The molecule has 0 bridgehead atoms. The lowest BCUT2D eigenvalue weighted by Crippen LogP contribution is -2.37. The lowest BCUT2D eigenvalue weighted by molar-refractivity contribution is -0.120. The molecule has 1 saturated heterocycles. The van der Waals surface area contributed by atoms with Crippen molar-refractivity contribution in [3.05, 3.63) is 21.9 Å². The highest BCUT2D eigenvalue weighted by Crippen LogP contribution is 2.24. The molecule has 2 unspecified atom stereocenters. The second kappa shape index (κ2) is 6.31.